The Hall–Kier alpha value is -1.55. The first-order valence-electron chi connectivity index (χ1n) is 6.36. The highest BCUT2D eigenvalue weighted by molar-refractivity contribution is 8.13. The molecule has 0 fully saturated rings. The summed E-state index contributed by atoms with van der Waals surface area (Å²) in [5.74, 6) is 0.0707. The van der Waals surface area contributed by atoms with Gasteiger partial charge in [0, 0.05) is 16.8 Å². The quantitative estimate of drug-likeness (QED) is 0.860. The topological polar surface area (TPSA) is 41.5 Å². The van der Waals surface area contributed by atoms with Gasteiger partial charge in [-0.25, -0.2) is 0 Å². The van der Waals surface area contributed by atoms with Gasteiger partial charge in [-0.05, 0) is 19.6 Å². The predicted molar refractivity (Wildman–Crippen MR) is 81.6 cm³/mol. The third-order valence-corrected chi connectivity index (χ3v) is 3.76. The summed E-state index contributed by atoms with van der Waals surface area (Å²) in [4.78, 5) is 17.2. The lowest BCUT2D eigenvalue weighted by molar-refractivity contribution is 0.102. The van der Waals surface area contributed by atoms with Crippen LogP contribution in [0.3, 0.4) is 0 Å². The maximum Gasteiger partial charge on any atom is 0.192 e. The van der Waals surface area contributed by atoms with Crippen LogP contribution in [-0.2, 0) is 0 Å². The minimum Gasteiger partial charge on any atom is -0.338 e. The number of Topliss-reactive ketones (excluding diaryl/α,β-unsaturated/α-hetero) is 1. The Balaban J connectivity index is 2.35. The number of thioether (sulfide) groups is 1. The van der Waals surface area contributed by atoms with Gasteiger partial charge in [-0.15, -0.1) is 0 Å². The second kappa shape index (κ2) is 6.06. The number of hydrogen-bond acceptors (Lipinski definition) is 4. The van der Waals surface area contributed by atoms with Crippen molar-refractivity contribution in [1.82, 2.24) is 5.32 Å². The molecule has 0 amide bonds. The second-order valence-electron chi connectivity index (χ2n) is 4.42. The van der Waals surface area contributed by atoms with Gasteiger partial charge in [0.2, 0.25) is 0 Å². The number of benzene rings is 1. The number of amidine groups is 1. The van der Waals surface area contributed by atoms with Gasteiger partial charge in [0.15, 0.2) is 11.0 Å². The fourth-order valence-electron chi connectivity index (χ4n) is 2.18. The van der Waals surface area contributed by atoms with Crippen molar-refractivity contribution in [2.45, 2.75) is 26.3 Å². The van der Waals surface area contributed by atoms with Crippen LogP contribution in [0.15, 0.2) is 46.6 Å². The van der Waals surface area contributed by atoms with E-state index in [9.17, 15) is 4.79 Å². The molecular formula is C15H18N2OS. The normalized spacial score (nSPS) is 18.9. The van der Waals surface area contributed by atoms with Crippen LogP contribution in [0.4, 0.5) is 0 Å². The van der Waals surface area contributed by atoms with E-state index in [0.29, 0.717) is 0 Å². The molecule has 1 atom stereocenters. The average molecular weight is 274 g/mol. The summed E-state index contributed by atoms with van der Waals surface area (Å²) in [6.45, 7) is 4.01. The van der Waals surface area contributed by atoms with E-state index in [4.69, 9.17) is 0 Å². The van der Waals surface area contributed by atoms with Crippen molar-refractivity contribution >= 4 is 22.7 Å². The molecule has 1 aliphatic rings. The van der Waals surface area contributed by atoms with Gasteiger partial charge in [0.05, 0.1) is 6.04 Å². The standard InChI is InChI=1S/C15H18N2OS/c1-4-12-13(10(2)16-15(17-12)19-3)14(18)11-8-6-5-7-9-11/h5-9,12H,4H2,1-3H3,(H,16,17). The number of ketones is 1. The maximum atomic E-state index is 12.6. The van der Waals surface area contributed by atoms with Crippen molar-refractivity contribution in [3.05, 3.63) is 47.2 Å². The van der Waals surface area contributed by atoms with Crippen molar-refractivity contribution < 1.29 is 4.79 Å². The van der Waals surface area contributed by atoms with Crippen LogP contribution in [-0.4, -0.2) is 23.2 Å². The Kier molecular flexibility index (Phi) is 4.43. The van der Waals surface area contributed by atoms with Gasteiger partial charge in [-0.1, -0.05) is 49.0 Å². The van der Waals surface area contributed by atoms with Crippen molar-refractivity contribution in [2.75, 3.05) is 6.26 Å². The number of rotatable bonds is 3. The van der Waals surface area contributed by atoms with Crippen LogP contribution in [0.25, 0.3) is 0 Å². The van der Waals surface area contributed by atoms with E-state index in [-0.39, 0.29) is 11.8 Å². The maximum absolute atomic E-state index is 12.6. The minimum absolute atomic E-state index is 0.0450. The Morgan fingerprint density at radius 1 is 1.37 bits per heavy atom. The van der Waals surface area contributed by atoms with E-state index in [1.807, 2.05) is 43.5 Å². The zero-order valence-electron chi connectivity index (χ0n) is 11.4. The third-order valence-electron chi connectivity index (χ3n) is 3.17. The van der Waals surface area contributed by atoms with E-state index in [2.05, 4.69) is 17.2 Å². The molecule has 0 bridgehead atoms. The number of nitrogens with one attached hydrogen (secondary N) is 1. The fraction of sp³-hybridized carbons (Fsp3) is 0.333. The molecule has 1 N–H and O–H groups in total. The summed E-state index contributed by atoms with van der Waals surface area (Å²) in [6, 6.07) is 9.34. The summed E-state index contributed by atoms with van der Waals surface area (Å²) in [7, 11) is 0. The summed E-state index contributed by atoms with van der Waals surface area (Å²) in [6.07, 6.45) is 2.81. The number of hydrogen-bond donors (Lipinski definition) is 1. The van der Waals surface area contributed by atoms with Crippen LogP contribution in [0.5, 0.6) is 0 Å². The monoisotopic (exact) mass is 274 g/mol. The molecule has 100 valence electrons. The first kappa shape index (κ1) is 13.9. The zero-order valence-corrected chi connectivity index (χ0v) is 12.3. The Bertz CT molecular complexity index is 534. The number of carbonyl (C=O) groups is 1. The van der Waals surface area contributed by atoms with Crippen LogP contribution in [0, 0.1) is 0 Å². The smallest absolute Gasteiger partial charge is 0.192 e. The van der Waals surface area contributed by atoms with Crippen LogP contribution >= 0.6 is 11.8 Å². The van der Waals surface area contributed by atoms with Crippen LogP contribution in [0.2, 0.25) is 0 Å². The lowest BCUT2D eigenvalue weighted by Gasteiger charge is -2.24. The van der Waals surface area contributed by atoms with Crippen molar-refractivity contribution in [3.63, 3.8) is 0 Å². The minimum atomic E-state index is -0.0450. The molecule has 1 heterocycles. The van der Waals surface area contributed by atoms with Crippen molar-refractivity contribution in [3.8, 4) is 0 Å². The highest BCUT2D eigenvalue weighted by Gasteiger charge is 2.26. The summed E-state index contributed by atoms with van der Waals surface area (Å²) in [5, 5.41) is 4.09. The predicted octanol–water partition coefficient (Wildman–Crippen LogP) is 3.24. The molecule has 1 unspecified atom stereocenters. The van der Waals surface area contributed by atoms with E-state index in [1.54, 1.807) is 11.8 Å². The molecule has 0 aromatic heterocycles. The number of nitrogens with zero attached hydrogens (tertiary/aromatic N) is 1. The first-order valence-corrected chi connectivity index (χ1v) is 7.59. The van der Waals surface area contributed by atoms with Gasteiger partial charge in [0.25, 0.3) is 0 Å². The molecule has 2 rings (SSSR count). The Morgan fingerprint density at radius 2 is 2.05 bits per heavy atom. The number of aliphatic imine (C=N–C) groups is 1. The van der Waals surface area contributed by atoms with E-state index in [0.717, 1.165) is 28.4 Å². The van der Waals surface area contributed by atoms with Gasteiger partial charge < -0.3 is 5.32 Å². The molecule has 0 spiro atoms. The Labute approximate surface area is 118 Å². The molecule has 19 heavy (non-hydrogen) atoms. The number of carbonyl (C=O) groups excluding carboxylic acids is 1. The van der Waals surface area contributed by atoms with Gasteiger partial charge in [-0.2, -0.15) is 0 Å². The third kappa shape index (κ3) is 2.89. The van der Waals surface area contributed by atoms with E-state index < -0.39 is 0 Å². The highest BCUT2D eigenvalue weighted by Crippen LogP contribution is 2.24. The van der Waals surface area contributed by atoms with Crippen molar-refractivity contribution in [1.29, 1.82) is 0 Å². The lowest BCUT2D eigenvalue weighted by atomic mass is 9.93. The second-order valence-corrected chi connectivity index (χ2v) is 5.22. The summed E-state index contributed by atoms with van der Waals surface area (Å²) < 4.78 is 0. The molecule has 3 nitrogen and oxygen atoms in total. The zero-order chi connectivity index (χ0) is 13.8. The highest BCUT2D eigenvalue weighted by atomic mass is 32.2. The summed E-state index contributed by atoms with van der Waals surface area (Å²) in [5.41, 5.74) is 2.42. The molecule has 0 saturated heterocycles. The largest absolute Gasteiger partial charge is 0.338 e. The molecular weight excluding hydrogens is 256 g/mol. The number of allylic oxidation sites excluding steroid dienone is 1. The molecule has 0 aliphatic carbocycles. The van der Waals surface area contributed by atoms with Crippen molar-refractivity contribution in [2.24, 2.45) is 4.99 Å². The fourth-order valence-corrected chi connectivity index (χ4v) is 2.67. The molecule has 0 saturated carbocycles. The van der Waals surface area contributed by atoms with Gasteiger partial charge in [0.1, 0.15) is 0 Å². The van der Waals surface area contributed by atoms with Gasteiger partial charge >= 0.3 is 0 Å². The summed E-state index contributed by atoms with van der Waals surface area (Å²) >= 11 is 1.57. The molecule has 0 radical (unpaired) electrons. The SMILES string of the molecule is CCC1N=C(SC)NC(C)=C1C(=O)c1ccccc1. The Morgan fingerprint density at radius 3 is 2.63 bits per heavy atom. The molecule has 1 aliphatic heterocycles. The average Bonchev–Trinajstić information content (AvgIpc) is 2.46. The molecule has 4 heteroatoms. The first-order chi connectivity index (χ1) is 9.17. The lowest BCUT2D eigenvalue weighted by Crippen LogP contribution is -2.32. The molecule has 1 aromatic carbocycles. The molecule has 1 aromatic rings. The van der Waals surface area contributed by atoms with E-state index >= 15 is 0 Å². The van der Waals surface area contributed by atoms with E-state index in [1.165, 1.54) is 0 Å². The van der Waals surface area contributed by atoms with Gasteiger partial charge in [-0.3, -0.25) is 9.79 Å². The van der Waals surface area contributed by atoms with Crippen LogP contribution < -0.4 is 5.32 Å². The van der Waals surface area contributed by atoms with Crippen LogP contribution in [0.1, 0.15) is 30.6 Å².